The number of hydrogen-bond donors (Lipinski definition) is 6. The van der Waals surface area contributed by atoms with Gasteiger partial charge in [-0.2, -0.15) is 0 Å². The number of ether oxygens (including phenoxy) is 2. The molecule has 2 aliphatic rings. The fourth-order valence-electron chi connectivity index (χ4n) is 3.15. The Balaban J connectivity index is 1.91. The first-order valence-corrected chi connectivity index (χ1v) is 10.9. The van der Waals surface area contributed by atoms with Crippen molar-refractivity contribution in [2.75, 3.05) is 0 Å². The summed E-state index contributed by atoms with van der Waals surface area (Å²) in [5.41, 5.74) is 0. The first-order chi connectivity index (χ1) is 16.9. The van der Waals surface area contributed by atoms with E-state index in [-0.39, 0.29) is 25.7 Å². The Labute approximate surface area is 203 Å². The van der Waals surface area contributed by atoms with Crippen LogP contribution in [0, 0.1) is 0 Å². The maximum Gasteiger partial charge on any atom is 0.329 e. The Morgan fingerprint density at radius 2 is 1.11 bits per heavy atom. The molecule has 0 aromatic heterocycles. The largest absolute Gasteiger partial charge is 0.450 e. The fraction of sp³-hybridized carbons (Fsp3) is 0.600. The van der Waals surface area contributed by atoms with Gasteiger partial charge in [0.05, 0.1) is 12.8 Å². The summed E-state index contributed by atoms with van der Waals surface area (Å²) >= 11 is 0. The van der Waals surface area contributed by atoms with Crippen molar-refractivity contribution in [2.45, 2.75) is 76.0 Å². The van der Waals surface area contributed by atoms with Crippen LogP contribution in [-0.4, -0.2) is 94.1 Å². The van der Waals surface area contributed by atoms with Gasteiger partial charge in [0.25, 0.3) is 23.6 Å². The lowest BCUT2D eigenvalue weighted by Gasteiger charge is -2.23. The van der Waals surface area contributed by atoms with E-state index in [4.69, 9.17) is 9.47 Å². The van der Waals surface area contributed by atoms with Crippen LogP contribution in [0.2, 0.25) is 0 Å². The van der Waals surface area contributed by atoms with Crippen LogP contribution in [-0.2, 0) is 47.8 Å². The number of carbonyl (C=O) groups is 8. The molecule has 0 spiro atoms. The molecule has 2 heterocycles. The van der Waals surface area contributed by atoms with Gasteiger partial charge in [0.2, 0.25) is 11.8 Å². The van der Waals surface area contributed by atoms with E-state index < -0.39 is 83.9 Å². The Morgan fingerprint density at radius 1 is 0.778 bits per heavy atom. The summed E-state index contributed by atoms with van der Waals surface area (Å²) in [6.45, 7) is 2.91. The van der Waals surface area contributed by atoms with Crippen LogP contribution in [0.25, 0.3) is 0 Å². The van der Waals surface area contributed by atoms with Gasteiger partial charge in [-0.25, -0.2) is 9.59 Å². The summed E-state index contributed by atoms with van der Waals surface area (Å²) in [5.74, 6) is -7.81. The molecule has 0 bridgehead atoms. The lowest BCUT2D eigenvalue weighted by Crippen LogP contribution is -2.55. The maximum atomic E-state index is 12.3. The van der Waals surface area contributed by atoms with Crippen LogP contribution in [0.1, 0.15) is 39.5 Å². The Bertz CT molecular complexity index is 890. The average Bonchev–Trinajstić information content (AvgIpc) is 3.31. The van der Waals surface area contributed by atoms with Gasteiger partial charge >= 0.3 is 11.9 Å². The highest BCUT2D eigenvalue weighted by Crippen LogP contribution is 2.11. The standard InChI is InChI=1S/C20H26N4O12/c1-3-7(19(33)35-9-5-11(25)23-15(9)29)21-17(31)13(27)14(28)18(32)22-8(4-2)20(34)36-10-6-12(26)24-16(10)30/h7-10,13-14,27-28H,3-6H2,1-2H3,(H,21,31)(H,22,32)(H,23,25,29)(H,24,26,30). The quantitative estimate of drug-likeness (QED) is 0.113. The van der Waals surface area contributed by atoms with Crippen LogP contribution in [0.15, 0.2) is 0 Å². The van der Waals surface area contributed by atoms with Crippen molar-refractivity contribution in [3.8, 4) is 0 Å². The summed E-state index contributed by atoms with van der Waals surface area (Å²) in [6.07, 6.45) is -8.43. The zero-order chi connectivity index (χ0) is 27.2. The molecule has 6 atom stereocenters. The molecular weight excluding hydrogens is 488 g/mol. The minimum atomic E-state index is -2.38. The highest BCUT2D eigenvalue weighted by Gasteiger charge is 2.39. The van der Waals surface area contributed by atoms with E-state index in [1.54, 1.807) is 0 Å². The van der Waals surface area contributed by atoms with Crippen LogP contribution in [0.3, 0.4) is 0 Å². The van der Waals surface area contributed by atoms with Crippen molar-refractivity contribution in [3.05, 3.63) is 0 Å². The van der Waals surface area contributed by atoms with Crippen molar-refractivity contribution < 1.29 is 58.0 Å². The van der Waals surface area contributed by atoms with Gasteiger partial charge in [0.1, 0.15) is 12.1 Å². The minimum absolute atomic E-state index is 0.0666. The molecule has 2 saturated heterocycles. The maximum absolute atomic E-state index is 12.3. The van der Waals surface area contributed by atoms with Crippen LogP contribution < -0.4 is 21.3 Å². The predicted octanol–water partition coefficient (Wildman–Crippen LogP) is -4.59. The first-order valence-electron chi connectivity index (χ1n) is 10.9. The van der Waals surface area contributed by atoms with E-state index in [1.165, 1.54) is 13.8 Å². The number of esters is 2. The Morgan fingerprint density at radius 3 is 1.36 bits per heavy atom. The van der Waals surface area contributed by atoms with Gasteiger partial charge in [-0.15, -0.1) is 0 Å². The van der Waals surface area contributed by atoms with Gasteiger partial charge < -0.3 is 30.3 Å². The number of amides is 6. The molecule has 2 fully saturated rings. The van der Waals surface area contributed by atoms with Crippen LogP contribution in [0.4, 0.5) is 0 Å². The number of carbonyl (C=O) groups excluding carboxylic acids is 8. The summed E-state index contributed by atoms with van der Waals surface area (Å²) in [5, 5.41) is 28.1. The van der Waals surface area contributed by atoms with E-state index >= 15 is 0 Å². The number of hydrogen-bond acceptors (Lipinski definition) is 12. The summed E-state index contributed by atoms with van der Waals surface area (Å²) in [6, 6.07) is -2.77. The highest BCUT2D eigenvalue weighted by atomic mass is 16.6. The average molecular weight is 514 g/mol. The third kappa shape index (κ3) is 7.05. The second-order valence-corrected chi connectivity index (χ2v) is 7.91. The number of nitrogens with one attached hydrogen (secondary N) is 4. The van der Waals surface area contributed by atoms with Crippen LogP contribution >= 0.6 is 0 Å². The minimum Gasteiger partial charge on any atom is -0.450 e. The molecule has 6 N–H and O–H groups in total. The number of aliphatic hydroxyl groups is 2. The second-order valence-electron chi connectivity index (χ2n) is 7.91. The zero-order valence-electron chi connectivity index (χ0n) is 19.3. The number of rotatable bonds is 11. The number of imide groups is 2. The second kappa shape index (κ2) is 12.2. The van der Waals surface area contributed by atoms with Gasteiger partial charge in [0.15, 0.2) is 24.4 Å². The van der Waals surface area contributed by atoms with Crippen molar-refractivity contribution in [1.82, 2.24) is 21.3 Å². The first kappa shape index (κ1) is 28.3. The van der Waals surface area contributed by atoms with Gasteiger partial charge in [-0.1, -0.05) is 13.8 Å². The Kier molecular flexibility index (Phi) is 9.57. The molecule has 0 aromatic rings. The molecule has 0 aliphatic carbocycles. The van der Waals surface area contributed by atoms with E-state index in [2.05, 4.69) is 10.6 Å². The monoisotopic (exact) mass is 514 g/mol. The molecule has 0 saturated carbocycles. The number of aliphatic hydroxyl groups excluding tert-OH is 2. The van der Waals surface area contributed by atoms with Crippen molar-refractivity contribution >= 4 is 47.4 Å². The van der Waals surface area contributed by atoms with Gasteiger partial charge in [-0.05, 0) is 12.8 Å². The topological polar surface area (TPSA) is 244 Å². The molecule has 2 rings (SSSR count). The molecule has 6 unspecified atom stereocenters. The molecular formula is C20H26N4O12. The van der Waals surface area contributed by atoms with E-state index in [9.17, 15) is 48.6 Å². The molecule has 0 radical (unpaired) electrons. The van der Waals surface area contributed by atoms with Gasteiger partial charge in [0, 0.05) is 0 Å². The molecule has 16 heteroatoms. The lowest BCUT2D eigenvalue weighted by molar-refractivity contribution is -0.159. The molecule has 0 aromatic carbocycles. The summed E-state index contributed by atoms with van der Waals surface area (Å²) < 4.78 is 9.77. The normalized spacial score (nSPS) is 22.6. The molecule has 198 valence electrons. The van der Waals surface area contributed by atoms with E-state index in [0.29, 0.717) is 0 Å². The third-order valence-corrected chi connectivity index (χ3v) is 5.22. The molecule has 6 amide bonds. The zero-order valence-corrected chi connectivity index (χ0v) is 19.3. The van der Waals surface area contributed by atoms with Crippen molar-refractivity contribution in [3.63, 3.8) is 0 Å². The predicted molar refractivity (Wildman–Crippen MR) is 112 cm³/mol. The van der Waals surface area contributed by atoms with E-state index in [1.807, 2.05) is 10.6 Å². The smallest absolute Gasteiger partial charge is 0.329 e. The highest BCUT2D eigenvalue weighted by molar-refractivity contribution is 6.06. The fourth-order valence-corrected chi connectivity index (χ4v) is 3.15. The van der Waals surface area contributed by atoms with E-state index in [0.717, 1.165) is 0 Å². The van der Waals surface area contributed by atoms with Crippen molar-refractivity contribution in [1.29, 1.82) is 0 Å². The SMILES string of the molecule is CCC(NC(=O)C(O)C(O)C(=O)NC(CC)C(=O)OC1CC(=O)NC1=O)C(=O)OC1CC(=O)NC1=O. The van der Waals surface area contributed by atoms with Crippen molar-refractivity contribution in [2.24, 2.45) is 0 Å². The lowest BCUT2D eigenvalue weighted by atomic mass is 10.1. The summed E-state index contributed by atoms with van der Waals surface area (Å²) in [4.78, 5) is 94.5. The molecule has 36 heavy (non-hydrogen) atoms. The molecule has 16 nitrogen and oxygen atoms in total. The summed E-state index contributed by atoms with van der Waals surface area (Å²) in [7, 11) is 0. The third-order valence-electron chi connectivity index (χ3n) is 5.22. The van der Waals surface area contributed by atoms with Crippen LogP contribution in [0.5, 0.6) is 0 Å². The molecule has 2 aliphatic heterocycles. The van der Waals surface area contributed by atoms with Gasteiger partial charge in [-0.3, -0.25) is 39.4 Å². The Hall–Kier alpha value is -3.92.